The van der Waals surface area contributed by atoms with Crippen molar-refractivity contribution in [2.45, 2.75) is 39.2 Å². The number of fused-ring (bicyclic) bond motifs is 1. The van der Waals surface area contributed by atoms with E-state index in [1.807, 2.05) is 27.8 Å². The van der Waals surface area contributed by atoms with Gasteiger partial charge in [0.05, 0.1) is 17.5 Å². The first kappa shape index (κ1) is 15.7. The number of rotatable bonds is 2. The molecule has 0 spiro atoms. The molecule has 7 nitrogen and oxygen atoms in total. The second-order valence-electron chi connectivity index (χ2n) is 7.23. The molecule has 124 valence electrons. The van der Waals surface area contributed by atoms with Crippen molar-refractivity contribution in [1.82, 2.24) is 25.1 Å². The van der Waals surface area contributed by atoms with Crippen LogP contribution in [0.15, 0.2) is 12.5 Å². The van der Waals surface area contributed by atoms with E-state index in [1.54, 1.807) is 17.2 Å². The predicted molar refractivity (Wildman–Crippen MR) is 89.1 cm³/mol. The van der Waals surface area contributed by atoms with Crippen molar-refractivity contribution in [3.8, 4) is 0 Å². The van der Waals surface area contributed by atoms with Gasteiger partial charge in [0.2, 0.25) is 5.91 Å². The minimum Gasteiger partial charge on any atom is -0.355 e. The van der Waals surface area contributed by atoms with Crippen LogP contribution in [0.5, 0.6) is 0 Å². The lowest BCUT2D eigenvalue weighted by Gasteiger charge is -2.34. The van der Waals surface area contributed by atoms with Crippen molar-refractivity contribution in [2.24, 2.45) is 13.0 Å². The zero-order valence-corrected chi connectivity index (χ0v) is 14.2. The lowest BCUT2D eigenvalue weighted by Crippen LogP contribution is -2.48. The van der Waals surface area contributed by atoms with Crippen molar-refractivity contribution >= 4 is 22.8 Å². The molecule has 3 rings (SSSR count). The van der Waals surface area contributed by atoms with Gasteiger partial charge >= 0.3 is 0 Å². The van der Waals surface area contributed by atoms with Crippen LogP contribution in [0.1, 0.15) is 33.6 Å². The third-order valence-electron chi connectivity index (χ3n) is 4.10. The quantitative estimate of drug-likeness (QED) is 0.908. The predicted octanol–water partition coefficient (Wildman–Crippen LogP) is 1.49. The molecule has 0 radical (unpaired) electrons. The molecule has 0 aliphatic carbocycles. The Morgan fingerprint density at radius 2 is 2.13 bits per heavy atom. The van der Waals surface area contributed by atoms with E-state index in [0.29, 0.717) is 6.54 Å². The lowest BCUT2D eigenvalue weighted by molar-refractivity contribution is -0.126. The molecule has 7 heteroatoms. The van der Waals surface area contributed by atoms with Crippen molar-refractivity contribution in [2.75, 3.05) is 18.0 Å². The molecule has 2 aromatic heterocycles. The van der Waals surface area contributed by atoms with E-state index in [0.717, 1.165) is 36.2 Å². The molecule has 0 saturated carbocycles. The average molecular weight is 316 g/mol. The number of hydrogen-bond donors (Lipinski definition) is 1. The van der Waals surface area contributed by atoms with Gasteiger partial charge in [-0.05, 0) is 33.6 Å². The lowest BCUT2D eigenvalue weighted by atomic mass is 9.95. The number of nitrogens with zero attached hydrogens (tertiary/aromatic N) is 5. The molecule has 0 bridgehead atoms. The van der Waals surface area contributed by atoms with Crippen LogP contribution in [0.25, 0.3) is 11.0 Å². The Labute approximate surface area is 136 Å². The number of anilines is 1. The van der Waals surface area contributed by atoms with Crippen LogP contribution in [-0.2, 0) is 11.8 Å². The third-order valence-corrected chi connectivity index (χ3v) is 4.10. The normalized spacial score (nSPS) is 19.1. The van der Waals surface area contributed by atoms with Gasteiger partial charge in [-0.3, -0.25) is 9.48 Å². The van der Waals surface area contributed by atoms with Gasteiger partial charge in [0, 0.05) is 25.7 Å². The molecular weight excluding hydrogens is 292 g/mol. The SMILES string of the molecule is Cn1ncc2c(N3CCCC(C(=O)NC(C)(C)C)C3)ncnc21. The molecule has 0 aromatic carbocycles. The summed E-state index contributed by atoms with van der Waals surface area (Å²) in [5.74, 6) is 0.986. The Kier molecular flexibility index (Phi) is 3.95. The summed E-state index contributed by atoms with van der Waals surface area (Å²) in [4.78, 5) is 23.4. The topological polar surface area (TPSA) is 75.9 Å². The summed E-state index contributed by atoms with van der Waals surface area (Å²) in [6.45, 7) is 7.61. The second-order valence-corrected chi connectivity index (χ2v) is 7.23. The fraction of sp³-hybridized carbons (Fsp3) is 0.625. The highest BCUT2D eigenvalue weighted by Crippen LogP contribution is 2.27. The third kappa shape index (κ3) is 3.28. The van der Waals surface area contributed by atoms with Crippen LogP contribution >= 0.6 is 0 Å². The highest BCUT2D eigenvalue weighted by molar-refractivity contribution is 5.87. The Bertz CT molecular complexity index is 717. The first-order chi connectivity index (χ1) is 10.8. The fourth-order valence-electron chi connectivity index (χ4n) is 3.06. The van der Waals surface area contributed by atoms with E-state index in [-0.39, 0.29) is 17.4 Å². The molecule has 1 aliphatic rings. The Morgan fingerprint density at radius 3 is 2.87 bits per heavy atom. The van der Waals surface area contributed by atoms with E-state index in [9.17, 15) is 4.79 Å². The van der Waals surface area contributed by atoms with Gasteiger partial charge in [-0.15, -0.1) is 0 Å². The number of hydrogen-bond acceptors (Lipinski definition) is 5. The summed E-state index contributed by atoms with van der Waals surface area (Å²) >= 11 is 0. The maximum Gasteiger partial charge on any atom is 0.225 e. The zero-order valence-electron chi connectivity index (χ0n) is 14.2. The number of carbonyl (C=O) groups is 1. The number of carbonyl (C=O) groups excluding carboxylic acids is 1. The highest BCUT2D eigenvalue weighted by atomic mass is 16.2. The zero-order chi connectivity index (χ0) is 16.6. The second kappa shape index (κ2) is 5.79. The molecule has 1 aliphatic heterocycles. The largest absolute Gasteiger partial charge is 0.355 e. The monoisotopic (exact) mass is 316 g/mol. The maximum atomic E-state index is 12.5. The maximum absolute atomic E-state index is 12.5. The van der Waals surface area contributed by atoms with Crippen molar-refractivity contribution < 1.29 is 4.79 Å². The summed E-state index contributed by atoms with van der Waals surface area (Å²) in [6.07, 6.45) is 5.26. The molecule has 1 saturated heterocycles. The van der Waals surface area contributed by atoms with Crippen LogP contribution in [0.3, 0.4) is 0 Å². The first-order valence-electron chi connectivity index (χ1n) is 8.05. The summed E-state index contributed by atoms with van der Waals surface area (Å²) in [5.41, 5.74) is 0.613. The van der Waals surface area contributed by atoms with Crippen LogP contribution in [0.2, 0.25) is 0 Å². The van der Waals surface area contributed by atoms with Gasteiger partial charge < -0.3 is 10.2 Å². The minimum absolute atomic E-state index is 0.00957. The molecule has 3 heterocycles. The number of aryl methyl sites for hydroxylation is 1. The van der Waals surface area contributed by atoms with E-state index in [1.165, 1.54) is 0 Å². The van der Waals surface area contributed by atoms with Crippen LogP contribution < -0.4 is 10.2 Å². The van der Waals surface area contributed by atoms with E-state index in [4.69, 9.17) is 0 Å². The van der Waals surface area contributed by atoms with E-state index in [2.05, 4.69) is 25.3 Å². The molecule has 2 aromatic rings. The average Bonchev–Trinajstić information content (AvgIpc) is 2.87. The summed E-state index contributed by atoms with van der Waals surface area (Å²) in [7, 11) is 1.87. The number of amides is 1. The Hall–Kier alpha value is -2.18. The van der Waals surface area contributed by atoms with Gasteiger partial charge in [0.25, 0.3) is 0 Å². The standard InChI is InChI=1S/C16H24N6O/c1-16(2,3)20-15(23)11-6-5-7-22(9-11)14-12-8-19-21(4)13(12)17-10-18-14/h8,10-11H,5-7,9H2,1-4H3,(H,20,23). The van der Waals surface area contributed by atoms with Gasteiger partial charge in [-0.2, -0.15) is 5.10 Å². The number of aromatic nitrogens is 4. The molecular formula is C16H24N6O. The fourth-order valence-corrected chi connectivity index (χ4v) is 3.06. The summed E-state index contributed by atoms with van der Waals surface area (Å²) in [5, 5.41) is 8.29. The van der Waals surface area contributed by atoms with Crippen molar-refractivity contribution in [1.29, 1.82) is 0 Å². The van der Waals surface area contributed by atoms with E-state index >= 15 is 0 Å². The highest BCUT2D eigenvalue weighted by Gasteiger charge is 2.29. The van der Waals surface area contributed by atoms with Gasteiger partial charge in [0.1, 0.15) is 12.1 Å². The number of nitrogens with one attached hydrogen (secondary N) is 1. The molecule has 1 amide bonds. The first-order valence-corrected chi connectivity index (χ1v) is 8.05. The Morgan fingerprint density at radius 1 is 1.35 bits per heavy atom. The van der Waals surface area contributed by atoms with Crippen LogP contribution in [0, 0.1) is 5.92 Å². The van der Waals surface area contributed by atoms with Crippen molar-refractivity contribution in [3.05, 3.63) is 12.5 Å². The van der Waals surface area contributed by atoms with Gasteiger partial charge in [-0.25, -0.2) is 9.97 Å². The molecule has 1 N–H and O–H groups in total. The summed E-state index contributed by atoms with van der Waals surface area (Å²) < 4.78 is 1.74. The smallest absolute Gasteiger partial charge is 0.225 e. The summed E-state index contributed by atoms with van der Waals surface area (Å²) in [6, 6.07) is 0. The van der Waals surface area contributed by atoms with Gasteiger partial charge in [0.15, 0.2) is 5.65 Å². The van der Waals surface area contributed by atoms with Crippen LogP contribution in [-0.4, -0.2) is 44.3 Å². The van der Waals surface area contributed by atoms with Gasteiger partial charge in [-0.1, -0.05) is 0 Å². The van der Waals surface area contributed by atoms with Crippen molar-refractivity contribution in [3.63, 3.8) is 0 Å². The van der Waals surface area contributed by atoms with Crippen LogP contribution in [0.4, 0.5) is 5.82 Å². The molecule has 1 fully saturated rings. The molecule has 23 heavy (non-hydrogen) atoms. The minimum atomic E-state index is -0.203. The van der Waals surface area contributed by atoms with E-state index < -0.39 is 0 Å². The number of piperidine rings is 1. The molecule has 1 unspecified atom stereocenters. The molecule has 1 atom stereocenters. The Balaban J connectivity index is 1.82.